The zero-order chi connectivity index (χ0) is 22.1. The number of carbonyl (C=O) groups excluding carboxylic acids is 1. The Hall–Kier alpha value is -3.66. The Morgan fingerprint density at radius 3 is 2.52 bits per heavy atom. The summed E-state index contributed by atoms with van der Waals surface area (Å²) >= 11 is 0. The normalized spacial score (nSPS) is 14.2. The predicted octanol–water partition coefficient (Wildman–Crippen LogP) is 3.40. The smallest absolute Gasteiger partial charge is 0.244 e. The minimum absolute atomic E-state index is 0.0504. The molecule has 0 radical (unpaired) electrons. The van der Waals surface area contributed by atoms with Gasteiger partial charge in [-0.15, -0.1) is 0 Å². The molecule has 1 aliphatic rings. The van der Waals surface area contributed by atoms with E-state index in [0.29, 0.717) is 11.5 Å². The average Bonchev–Trinajstić information content (AvgIpc) is 2.82. The molecule has 1 amide bonds. The van der Waals surface area contributed by atoms with Crippen LogP contribution in [-0.2, 0) is 4.79 Å². The summed E-state index contributed by atoms with van der Waals surface area (Å²) in [7, 11) is 3.20. The lowest BCUT2D eigenvalue weighted by atomic mass is 10.0. The Kier molecular flexibility index (Phi) is 7.77. The maximum atomic E-state index is 12.4. The second-order valence-corrected chi connectivity index (χ2v) is 7.16. The van der Waals surface area contributed by atoms with Crippen molar-refractivity contribution in [3.63, 3.8) is 0 Å². The van der Waals surface area contributed by atoms with Crippen LogP contribution in [-0.4, -0.2) is 45.9 Å². The molecule has 0 aromatic heterocycles. The van der Waals surface area contributed by atoms with Gasteiger partial charge in [-0.3, -0.25) is 4.79 Å². The standard InChI is InChI=1S/C24H27N3O4/c1-29-21-7-5-20(6-8-21)27-14-11-19(12-15-27)26-24(28)10-4-18-3-9-22(31-16-13-25)23(17-18)30-2/h3-10,17,19H,11-12,14-16H2,1-2H3,(H,26,28)/b10-4+. The van der Waals surface area contributed by atoms with E-state index in [1.165, 1.54) is 18.9 Å². The number of carbonyl (C=O) groups is 1. The van der Waals surface area contributed by atoms with Crippen molar-refractivity contribution in [2.45, 2.75) is 18.9 Å². The Morgan fingerprint density at radius 1 is 1.13 bits per heavy atom. The number of hydrogen-bond acceptors (Lipinski definition) is 6. The molecule has 31 heavy (non-hydrogen) atoms. The number of nitrogens with one attached hydrogen (secondary N) is 1. The van der Waals surface area contributed by atoms with Crippen molar-refractivity contribution in [1.82, 2.24) is 5.32 Å². The number of benzene rings is 2. The van der Waals surface area contributed by atoms with Crippen LogP contribution in [0.5, 0.6) is 17.2 Å². The van der Waals surface area contributed by atoms with Gasteiger partial charge in [0.25, 0.3) is 0 Å². The molecule has 3 rings (SSSR count). The number of piperidine rings is 1. The van der Waals surface area contributed by atoms with Crippen LogP contribution in [0.15, 0.2) is 48.5 Å². The maximum absolute atomic E-state index is 12.4. The molecule has 0 saturated carbocycles. The van der Waals surface area contributed by atoms with Crippen molar-refractivity contribution in [3.8, 4) is 23.3 Å². The fourth-order valence-corrected chi connectivity index (χ4v) is 3.51. The highest BCUT2D eigenvalue weighted by Crippen LogP contribution is 2.28. The minimum Gasteiger partial charge on any atom is -0.497 e. The molecule has 1 aliphatic heterocycles. The van der Waals surface area contributed by atoms with Crippen molar-refractivity contribution in [3.05, 3.63) is 54.1 Å². The molecule has 0 unspecified atom stereocenters. The van der Waals surface area contributed by atoms with Gasteiger partial charge >= 0.3 is 0 Å². The Morgan fingerprint density at radius 2 is 1.87 bits per heavy atom. The summed E-state index contributed by atoms with van der Waals surface area (Å²) in [6, 6.07) is 15.4. The zero-order valence-corrected chi connectivity index (χ0v) is 17.8. The first-order chi connectivity index (χ1) is 15.1. The van der Waals surface area contributed by atoms with Gasteiger partial charge in [0, 0.05) is 30.9 Å². The van der Waals surface area contributed by atoms with E-state index in [2.05, 4.69) is 22.3 Å². The SMILES string of the molecule is COc1ccc(N2CCC(NC(=O)/C=C/c3ccc(OCC#N)c(OC)c3)CC2)cc1. The lowest BCUT2D eigenvalue weighted by Gasteiger charge is -2.33. The highest BCUT2D eigenvalue weighted by Gasteiger charge is 2.20. The average molecular weight is 421 g/mol. The third-order valence-electron chi connectivity index (χ3n) is 5.19. The number of hydrogen-bond donors (Lipinski definition) is 1. The van der Waals surface area contributed by atoms with Crippen LogP contribution in [0.1, 0.15) is 18.4 Å². The lowest BCUT2D eigenvalue weighted by molar-refractivity contribution is -0.117. The van der Waals surface area contributed by atoms with Crippen molar-refractivity contribution in [2.24, 2.45) is 0 Å². The second-order valence-electron chi connectivity index (χ2n) is 7.16. The first-order valence-corrected chi connectivity index (χ1v) is 10.2. The molecule has 162 valence electrons. The summed E-state index contributed by atoms with van der Waals surface area (Å²) < 4.78 is 15.8. The van der Waals surface area contributed by atoms with Gasteiger partial charge in [-0.25, -0.2) is 0 Å². The summed E-state index contributed by atoms with van der Waals surface area (Å²) in [6.45, 7) is 1.73. The molecule has 0 atom stereocenters. The van der Waals surface area contributed by atoms with Gasteiger partial charge in [0.05, 0.1) is 14.2 Å². The molecule has 1 saturated heterocycles. The first-order valence-electron chi connectivity index (χ1n) is 10.2. The van der Waals surface area contributed by atoms with Crippen LogP contribution in [0.4, 0.5) is 5.69 Å². The monoisotopic (exact) mass is 421 g/mol. The summed E-state index contributed by atoms with van der Waals surface area (Å²) in [4.78, 5) is 14.7. The molecule has 1 fully saturated rings. The van der Waals surface area contributed by atoms with E-state index < -0.39 is 0 Å². The van der Waals surface area contributed by atoms with Crippen LogP contribution in [0.25, 0.3) is 6.08 Å². The summed E-state index contributed by atoms with van der Waals surface area (Å²) in [5, 5.41) is 11.7. The highest BCUT2D eigenvalue weighted by atomic mass is 16.5. The van der Waals surface area contributed by atoms with Crippen LogP contribution < -0.4 is 24.4 Å². The van der Waals surface area contributed by atoms with Gasteiger partial charge in [0.15, 0.2) is 18.1 Å². The molecule has 1 N–H and O–H groups in total. The van der Waals surface area contributed by atoms with Gasteiger partial charge in [-0.2, -0.15) is 5.26 Å². The van der Waals surface area contributed by atoms with Gasteiger partial charge in [-0.05, 0) is 60.9 Å². The first kappa shape index (κ1) is 22.0. The number of amides is 1. The fourth-order valence-electron chi connectivity index (χ4n) is 3.51. The van der Waals surface area contributed by atoms with Gasteiger partial charge in [0.1, 0.15) is 11.8 Å². The molecule has 2 aromatic rings. The number of ether oxygens (including phenoxy) is 3. The number of anilines is 1. The van der Waals surface area contributed by atoms with E-state index >= 15 is 0 Å². The number of methoxy groups -OCH3 is 2. The maximum Gasteiger partial charge on any atom is 0.244 e. The molecule has 0 spiro atoms. The van der Waals surface area contributed by atoms with Crippen molar-refractivity contribution in [1.29, 1.82) is 5.26 Å². The molecule has 7 nitrogen and oxygen atoms in total. The van der Waals surface area contributed by atoms with E-state index in [1.807, 2.05) is 24.3 Å². The molecular formula is C24H27N3O4. The molecular weight excluding hydrogens is 394 g/mol. The van der Waals surface area contributed by atoms with E-state index in [4.69, 9.17) is 19.5 Å². The summed E-state index contributed by atoms with van der Waals surface area (Å²) in [5.74, 6) is 1.74. The summed E-state index contributed by atoms with van der Waals surface area (Å²) in [6.07, 6.45) is 5.05. The van der Waals surface area contributed by atoms with Crippen LogP contribution in [0.3, 0.4) is 0 Å². The molecule has 7 heteroatoms. The summed E-state index contributed by atoms with van der Waals surface area (Å²) in [5.41, 5.74) is 1.98. The third kappa shape index (κ3) is 6.16. The number of nitriles is 1. The van der Waals surface area contributed by atoms with E-state index in [-0.39, 0.29) is 18.6 Å². The molecule has 0 bridgehead atoms. The van der Waals surface area contributed by atoms with Gasteiger partial charge in [-0.1, -0.05) is 6.07 Å². The Balaban J connectivity index is 1.49. The van der Waals surface area contributed by atoms with Crippen LogP contribution in [0, 0.1) is 11.3 Å². The molecule has 2 aromatic carbocycles. The van der Waals surface area contributed by atoms with E-state index in [0.717, 1.165) is 37.2 Å². The number of rotatable bonds is 8. The quantitative estimate of drug-likeness (QED) is 0.658. The second kappa shape index (κ2) is 10.9. The van der Waals surface area contributed by atoms with Crippen molar-refractivity contribution >= 4 is 17.7 Å². The Bertz CT molecular complexity index is 942. The predicted molar refractivity (Wildman–Crippen MR) is 120 cm³/mol. The van der Waals surface area contributed by atoms with Gasteiger partial charge < -0.3 is 24.4 Å². The third-order valence-corrected chi connectivity index (χ3v) is 5.19. The van der Waals surface area contributed by atoms with E-state index in [1.54, 1.807) is 25.3 Å². The van der Waals surface area contributed by atoms with Crippen LogP contribution in [0.2, 0.25) is 0 Å². The molecule has 0 aliphatic carbocycles. The van der Waals surface area contributed by atoms with E-state index in [9.17, 15) is 4.79 Å². The zero-order valence-electron chi connectivity index (χ0n) is 17.8. The molecule has 1 heterocycles. The Labute approximate surface area is 182 Å². The van der Waals surface area contributed by atoms with Crippen LogP contribution >= 0.6 is 0 Å². The number of nitrogens with zero attached hydrogens (tertiary/aromatic N) is 2. The highest BCUT2D eigenvalue weighted by molar-refractivity contribution is 5.92. The van der Waals surface area contributed by atoms with Gasteiger partial charge in [0.2, 0.25) is 5.91 Å². The minimum atomic E-state index is -0.119. The largest absolute Gasteiger partial charge is 0.497 e. The fraction of sp³-hybridized carbons (Fsp3) is 0.333. The van der Waals surface area contributed by atoms with Crippen molar-refractivity contribution in [2.75, 3.05) is 38.8 Å². The van der Waals surface area contributed by atoms with Crippen molar-refractivity contribution < 1.29 is 19.0 Å². The topological polar surface area (TPSA) is 83.8 Å². The lowest BCUT2D eigenvalue weighted by Crippen LogP contribution is -2.44.